The summed E-state index contributed by atoms with van der Waals surface area (Å²) in [4.78, 5) is 39.4. The predicted octanol–water partition coefficient (Wildman–Crippen LogP) is 3.12. The van der Waals surface area contributed by atoms with E-state index >= 15 is 0 Å². The van der Waals surface area contributed by atoms with Gasteiger partial charge in [-0.25, -0.2) is 9.97 Å². The van der Waals surface area contributed by atoms with E-state index < -0.39 is 0 Å². The number of rotatable bonds is 3. The maximum Gasteiger partial charge on any atom is 0.291 e. The molecule has 1 aliphatic heterocycles. The molecule has 0 saturated carbocycles. The lowest BCUT2D eigenvalue weighted by Crippen LogP contribution is -2.40. The van der Waals surface area contributed by atoms with Gasteiger partial charge in [0.25, 0.3) is 11.5 Å². The zero-order chi connectivity index (χ0) is 19.0. The molecule has 27 heavy (non-hydrogen) atoms. The largest absolute Gasteiger partial charge is 0.436 e. The van der Waals surface area contributed by atoms with Crippen molar-refractivity contribution in [2.45, 2.75) is 32.6 Å². The molecule has 0 bridgehead atoms. The van der Waals surface area contributed by atoms with Gasteiger partial charge in [-0.05, 0) is 31.2 Å². The summed E-state index contributed by atoms with van der Waals surface area (Å²) in [5, 5.41) is 1.96. The SMILES string of the molecule is Cc1nc(C)c(C(=O)N2CCC[C@H](c3nc(-c4cccs4)cc(=O)[nH]3)C2)o1. The summed E-state index contributed by atoms with van der Waals surface area (Å²) in [7, 11) is 0. The van der Waals surface area contributed by atoms with E-state index in [1.807, 2.05) is 17.5 Å². The van der Waals surface area contributed by atoms with Crippen LogP contribution in [0.3, 0.4) is 0 Å². The minimum absolute atomic E-state index is 0.0142. The van der Waals surface area contributed by atoms with Gasteiger partial charge in [-0.15, -0.1) is 11.3 Å². The fourth-order valence-electron chi connectivity index (χ4n) is 3.48. The highest BCUT2D eigenvalue weighted by molar-refractivity contribution is 7.13. The Labute approximate surface area is 160 Å². The van der Waals surface area contributed by atoms with Crippen LogP contribution in [0.15, 0.2) is 32.8 Å². The summed E-state index contributed by atoms with van der Waals surface area (Å²) >= 11 is 1.55. The number of carbonyl (C=O) groups excluding carboxylic acids is 1. The maximum atomic E-state index is 12.8. The van der Waals surface area contributed by atoms with E-state index in [9.17, 15) is 9.59 Å². The number of amides is 1. The number of hydrogen-bond acceptors (Lipinski definition) is 6. The van der Waals surface area contributed by atoms with Crippen LogP contribution in [0, 0.1) is 13.8 Å². The number of hydrogen-bond donors (Lipinski definition) is 1. The number of aromatic nitrogens is 3. The van der Waals surface area contributed by atoms with Crippen molar-refractivity contribution >= 4 is 17.2 Å². The maximum absolute atomic E-state index is 12.8. The number of likely N-dealkylation sites (tertiary alicyclic amines) is 1. The Kier molecular flexibility index (Phi) is 4.65. The summed E-state index contributed by atoms with van der Waals surface area (Å²) in [5.74, 6) is 1.24. The van der Waals surface area contributed by atoms with Crippen molar-refractivity contribution in [3.63, 3.8) is 0 Å². The predicted molar refractivity (Wildman–Crippen MR) is 102 cm³/mol. The number of H-pyrrole nitrogens is 1. The monoisotopic (exact) mass is 384 g/mol. The van der Waals surface area contributed by atoms with E-state index in [4.69, 9.17) is 4.42 Å². The van der Waals surface area contributed by atoms with E-state index in [2.05, 4.69) is 15.0 Å². The number of nitrogens with zero attached hydrogens (tertiary/aromatic N) is 3. The average Bonchev–Trinajstić information content (AvgIpc) is 3.30. The van der Waals surface area contributed by atoms with Crippen molar-refractivity contribution in [3.8, 4) is 10.6 Å². The van der Waals surface area contributed by atoms with Gasteiger partial charge in [0.1, 0.15) is 5.82 Å². The first kappa shape index (κ1) is 17.7. The zero-order valence-corrected chi connectivity index (χ0v) is 16.0. The molecule has 4 rings (SSSR count). The molecule has 8 heteroatoms. The van der Waals surface area contributed by atoms with E-state index in [1.54, 1.807) is 30.1 Å². The van der Waals surface area contributed by atoms with Crippen molar-refractivity contribution in [2.24, 2.45) is 0 Å². The second-order valence-electron chi connectivity index (χ2n) is 6.73. The lowest BCUT2D eigenvalue weighted by Gasteiger charge is -2.31. The first-order valence-corrected chi connectivity index (χ1v) is 9.77. The number of piperidine rings is 1. The molecule has 3 aromatic rings. The lowest BCUT2D eigenvalue weighted by molar-refractivity contribution is 0.0670. The molecular weight excluding hydrogens is 364 g/mol. The number of aryl methyl sites for hydroxylation is 2. The van der Waals surface area contributed by atoms with Crippen LogP contribution < -0.4 is 5.56 Å². The topological polar surface area (TPSA) is 92.1 Å². The van der Waals surface area contributed by atoms with Gasteiger partial charge in [0.05, 0.1) is 16.3 Å². The molecule has 0 aliphatic carbocycles. The molecule has 0 spiro atoms. The van der Waals surface area contributed by atoms with E-state index in [0.29, 0.717) is 42.0 Å². The van der Waals surface area contributed by atoms with E-state index in [0.717, 1.165) is 17.7 Å². The second kappa shape index (κ2) is 7.11. The molecule has 0 aromatic carbocycles. The first-order chi connectivity index (χ1) is 13.0. The van der Waals surface area contributed by atoms with Gasteiger partial charge < -0.3 is 14.3 Å². The van der Waals surface area contributed by atoms with Crippen molar-refractivity contribution < 1.29 is 9.21 Å². The molecule has 1 saturated heterocycles. The van der Waals surface area contributed by atoms with Gasteiger partial charge in [-0.2, -0.15) is 0 Å². The Morgan fingerprint density at radius 3 is 2.93 bits per heavy atom. The summed E-state index contributed by atoms with van der Waals surface area (Å²) in [6.07, 6.45) is 1.71. The Bertz CT molecular complexity index is 1020. The Balaban J connectivity index is 1.59. The van der Waals surface area contributed by atoms with Gasteiger partial charge in [-0.3, -0.25) is 9.59 Å². The third-order valence-corrected chi connectivity index (χ3v) is 5.62. The number of thiophene rings is 1. The highest BCUT2D eigenvalue weighted by Crippen LogP contribution is 2.28. The number of carbonyl (C=O) groups is 1. The van der Waals surface area contributed by atoms with Crippen LogP contribution >= 0.6 is 11.3 Å². The first-order valence-electron chi connectivity index (χ1n) is 8.89. The third kappa shape index (κ3) is 3.57. The van der Waals surface area contributed by atoms with Crippen LogP contribution in [0.25, 0.3) is 10.6 Å². The van der Waals surface area contributed by atoms with Gasteiger partial charge in [0.15, 0.2) is 5.89 Å². The lowest BCUT2D eigenvalue weighted by atomic mass is 9.96. The van der Waals surface area contributed by atoms with Crippen LogP contribution in [0.1, 0.15) is 46.7 Å². The number of aromatic amines is 1. The standard InChI is InChI=1S/C19H20N4O3S/c1-11-17(26-12(2)20-11)19(25)23-7-3-5-13(10-23)18-21-14(9-16(24)22-18)15-6-4-8-27-15/h4,6,8-9,13H,3,5,7,10H2,1-2H3,(H,21,22,24)/t13-/m0/s1. The molecule has 140 valence electrons. The quantitative estimate of drug-likeness (QED) is 0.749. The highest BCUT2D eigenvalue weighted by Gasteiger charge is 2.30. The van der Waals surface area contributed by atoms with Gasteiger partial charge >= 0.3 is 0 Å². The average molecular weight is 384 g/mol. The minimum Gasteiger partial charge on any atom is -0.436 e. The number of oxazole rings is 1. The van der Waals surface area contributed by atoms with Crippen LogP contribution in [-0.4, -0.2) is 38.8 Å². The van der Waals surface area contributed by atoms with Crippen LogP contribution in [0.4, 0.5) is 0 Å². The Morgan fingerprint density at radius 1 is 1.37 bits per heavy atom. The molecule has 1 atom stereocenters. The van der Waals surface area contributed by atoms with Gasteiger partial charge in [-0.1, -0.05) is 6.07 Å². The summed E-state index contributed by atoms with van der Waals surface area (Å²) < 4.78 is 5.48. The zero-order valence-electron chi connectivity index (χ0n) is 15.2. The summed E-state index contributed by atoms with van der Waals surface area (Å²) in [6.45, 7) is 4.65. The van der Waals surface area contributed by atoms with E-state index in [-0.39, 0.29) is 17.4 Å². The smallest absolute Gasteiger partial charge is 0.291 e. The molecule has 7 nitrogen and oxygen atoms in total. The summed E-state index contributed by atoms with van der Waals surface area (Å²) in [5.41, 5.74) is 1.10. The van der Waals surface area contributed by atoms with Gasteiger partial charge in [0.2, 0.25) is 5.76 Å². The molecule has 4 heterocycles. The molecule has 1 N–H and O–H groups in total. The van der Waals surface area contributed by atoms with Crippen LogP contribution in [0.5, 0.6) is 0 Å². The molecule has 3 aromatic heterocycles. The molecular formula is C19H20N4O3S. The van der Waals surface area contributed by atoms with Crippen LogP contribution in [0.2, 0.25) is 0 Å². The molecule has 1 fully saturated rings. The Hall–Kier alpha value is -2.74. The van der Waals surface area contributed by atoms with E-state index in [1.165, 1.54) is 6.07 Å². The van der Waals surface area contributed by atoms with Crippen LogP contribution in [-0.2, 0) is 0 Å². The van der Waals surface area contributed by atoms with Crippen molar-refractivity contribution in [1.82, 2.24) is 19.9 Å². The number of nitrogens with one attached hydrogen (secondary N) is 1. The molecule has 1 aliphatic rings. The Morgan fingerprint density at radius 2 is 2.22 bits per heavy atom. The second-order valence-corrected chi connectivity index (χ2v) is 7.68. The molecule has 0 unspecified atom stereocenters. The third-order valence-electron chi connectivity index (χ3n) is 4.73. The molecule has 1 amide bonds. The van der Waals surface area contributed by atoms with Crippen molar-refractivity contribution in [2.75, 3.05) is 13.1 Å². The van der Waals surface area contributed by atoms with Gasteiger partial charge in [0, 0.05) is 32.0 Å². The van der Waals surface area contributed by atoms with Crippen molar-refractivity contribution in [3.05, 3.63) is 57.1 Å². The highest BCUT2D eigenvalue weighted by atomic mass is 32.1. The fourth-order valence-corrected chi connectivity index (χ4v) is 4.16. The molecule has 0 radical (unpaired) electrons. The normalized spacial score (nSPS) is 17.3. The summed E-state index contributed by atoms with van der Waals surface area (Å²) in [6, 6.07) is 5.40. The van der Waals surface area contributed by atoms with Crippen molar-refractivity contribution in [1.29, 1.82) is 0 Å². The fraction of sp³-hybridized carbons (Fsp3) is 0.368. The minimum atomic E-state index is -0.173.